The molecule has 0 bridgehead atoms. The molecule has 3 heteroatoms. The van der Waals surface area contributed by atoms with Gasteiger partial charge in [-0.2, -0.15) is 0 Å². The summed E-state index contributed by atoms with van der Waals surface area (Å²) >= 11 is 1.61. The lowest BCUT2D eigenvalue weighted by Crippen LogP contribution is -2.14. The molecule has 0 aromatic heterocycles. The molecule has 2 aromatic carbocycles. The van der Waals surface area contributed by atoms with E-state index in [0.717, 1.165) is 30.4 Å². The number of benzene rings is 2. The van der Waals surface area contributed by atoms with E-state index >= 15 is 0 Å². The molecule has 1 aliphatic carbocycles. The lowest BCUT2D eigenvalue weighted by atomic mass is 9.76. The number of hydrogen-bond donors (Lipinski definition) is 2. The summed E-state index contributed by atoms with van der Waals surface area (Å²) in [7, 11) is 0. The van der Waals surface area contributed by atoms with Gasteiger partial charge in [0.05, 0.1) is 0 Å². The zero-order valence-corrected chi connectivity index (χ0v) is 16.1. The van der Waals surface area contributed by atoms with Crippen LogP contribution < -0.4 is 4.72 Å². The van der Waals surface area contributed by atoms with E-state index in [0.29, 0.717) is 5.75 Å². The third-order valence-corrected chi connectivity index (χ3v) is 5.34. The molecule has 2 atom stereocenters. The summed E-state index contributed by atoms with van der Waals surface area (Å²) < 4.78 is 3.28. The lowest BCUT2D eigenvalue weighted by molar-refractivity contribution is 0.359. The molecule has 2 unspecified atom stereocenters. The Balaban J connectivity index is 2.07. The number of nitrogens with one attached hydrogen (secondary N) is 1. The van der Waals surface area contributed by atoms with Gasteiger partial charge in [0.25, 0.3) is 0 Å². The molecule has 2 aromatic rings. The fourth-order valence-electron chi connectivity index (χ4n) is 4.01. The van der Waals surface area contributed by atoms with E-state index in [2.05, 4.69) is 42.8 Å². The summed E-state index contributed by atoms with van der Waals surface area (Å²) in [5.74, 6) is 1.77. The van der Waals surface area contributed by atoms with E-state index in [1.54, 1.807) is 29.7 Å². The second-order valence-corrected chi connectivity index (χ2v) is 7.88. The van der Waals surface area contributed by atoms with Gasteiger partial charge in [0, 0.05) is 11.9 Å². The smallest absolute Gasteiger partial charge is 0.115 e. The molecule has 0 aliphatic heterocycles. The Bertz CT molecular complexity index is 722. The first kappa shape index (κ1) is 17.9. The Labute approximate surface area is 155 Å². The van der Waals surface area contributed by atoms with E-state index in [9.17, 15) is 5.11 Å². The highest BCUT2D eigenvalue weighted by atomic mass is 32.2. The monoisotopic (exact) mass is 353 g/mol. The zero-order valence-electron chi connectivity index (χ0n) is 15.3. The standard InChI is InChI=1S/C22H27NOS/c1-15-12-16(2)14-19(13-15)22(18-6-10-21(24)11-7-18)17-4-8-20(9-5-17)23-25-3/h4-11,15-16,23-24H,12-14H2,1-3H3. The van der Waals surface area contributed by atoms with Crippen LogP contribution in [-0.4, -0.2) is 11.4 Å². The molecule has 0 heterocycles. The molecule has 1 aliphatic rings. The van der Waals surface area contributed by atoms with E-state index < -0.39 is 0 Å². The Kier molecular flexibility index (Phi) is 5.74. The van der Waals surface area contributed by atoms with Gasteiger partial charge in [-0.25, -0.2) is 0 Å². The van der Waals surface area contributed by atoms with Crippen molar-refractivity contribution in [3.63, 3.8) is 0 Å². The van der Waals surface area contributed by atoms with Crippen molar-refractivity contribution in [1.82, 2.24) is 0 Å². The largest absolute Gasteiger partial charge is 0.508 e. The minimum Gasteiger partial charge on any atom is -0.508 e. The highest BCUT2D eigenvalue weighted by Gasteiger charge is 2.23. The van der Waals surface area contributed by atoms with Crippen molar-refractivity contribution in [3.8, 4) is 5.75 Å². The summed E-state index contributed by atoms with van der Waals surface area (Å²) in [4.78, 5) is 0. The van der Waals surface area contributed by atoms with Crippen LogP contribution in [0, 0.1) is 11.8 Å². The molecule has 132 valence electrons. The molecule has 0 spiro atoms. The van der Waals surface area contributed by atoms with Gasteiger partial charge in [-0.3, -0.25) is 0 Å². The van der Waals surface area contributed by atoms with Crippen molar-refractivity contribution < 1.29 is 5.11 Å². The molecule has 0 radical (unpaired) electrons. The highest BCUT2D eigenvalue weighted by molar-refractivity contribution is 7.99. The molecule has 3 rings (SSSR count). The molecule has 2 N–H and O–H groups in total. The van der Waals surface area contributed by atoms with Crippen LogP contribution in [0.2, 0.25) is 0 Å². The first-order chi connectivity index (χ1) is 12.1. The third kappa shape index (κ3) is 4.40. The normalized spacial score (nSPS) is 20.4. The molecule has 0 amide bonds. The number of phenolic OH excluding ortho intramolecular Hbond substituents is 1. The topological polar surface area (TPSA) is 32.3 Å². The van der Waals surface area contributed by atoms with Crippen molar-refractivity contribution in [2.45, 2.75) is 33.1 Å². The SMILES string of the molecule is CSNc1ccc(C(=C2CC(C)CC(C)C2)c2ccc(O)cc2)cc1. The van der Waals surface area contributed by atoms with Gasteiger partial charge in [0.1, 0.15) is 5.75 Å². The van der Waals surface area contributed by atoms with Crippen LogP contribution in [0.1, 0.15) is 44.2 Å². The van der Waals surface area contributed by atoms with Crippen LogP contribution in [0.4, 0.5) is 5.69 Å². The maximum Gasteiger partial charge on any atom is 0.115 e. The Morgan fingerprint density at radius 2 is 1.44 bits per heavy atom. The Morgan fingerprint density at radius 1 is 0.920 bits per heavy atom. The van der Waals surface area contributed by atoms with Crippen molar-refractivity contribution in [2.75, 3.05) is 11.0 Å². The van der Waals surface area contributed by atoms with Gasteiger partial charge in [0.15, 0.2) is 0 Å². The predicted molar refractivity (Wildman–Crippen MR) is 110 cm³/mol. The van der Waals surface area contributed by atoms with Gasteiger partial charge in [-0.1, -0.05) is 55.6 Å². The van der Waals surface area contributed by atoms with Crippen LogP contribution in [0.5, 0.6) is 5.75 Å². The predicted octanol–water partition coefficient (Wildman–Crippen LogP) is 6.34. The summed E-state index contributed by atoms with van der Waals surface area (Å²) in [5.41, 5.74) is 6.46. The molecule has 2 nitrogen and oxygen atoms in total. The number of aromatic hydroxyl groups is 1. The third-order valence-electron chi connectivity index (χ3n) is 4.90. The van der Waals surface area contributed by atoms with Crippen LogP contribution in [0.25, 0.3) is 5.57 Å². The molecular weight excluding hydrogens is 326 g/mol. The average Bonchev–Trinajstić information content (AvgIpc) is 2.58. The molecular formula is C22H27NOS. The number of rotatable bonds is 4. The lowest BCUT2D eigenvalue weighted by Gasteiger charge is -2.29. The maximum atomic E-state index is 9.67. The second kappa shape index (κ2) is 8.01. The van der Waals surface area contributed by atoms with E-state index in [1.165, 1.54) is 23.1 Å². The van der Waals surface area contributed by atoms with Gasteiger partial charge in [0.2, 0.25) is 0 Å². The van der Waals surface area contributed by atoms with Gasteiger partial charge < -0.3 is 9.83 Å². The first-order valence-corrected chi connectivity index (χ1v) is 10.2. The van der Waals surface area contributed by atoms with Crippen LogP contribution in [0.15, 0.2) is 54.1 Å². The summed E-state index contributed by atoms with van der Waals surface area (Å²) in [6.07, 6.45) is 5.65. The van der Waals surface area contributed by atoms with Crippen molar-refractivity contribution >= 4 is 23.2 Å². The van der Waals surface area contributed by atoms with E-state index in [-0.39, 0.29) is 0 Å². The maximum absolute atomic E-state index is 9.67. The van der Waals surface area contributed by atoms with Crippen molar-refractivity contribution in [2.24, 2.45) is 11.8 Å². The molecule has 25 heavy (non-hydrogen) atoms. The Hall–Kier alpha value is -1.87. The Morgan fingerprint density at radius 3 is 1.96 bits per heavy atom. The van der Waals surface area contributed by atoms with Gasteiger partial charge >= 0.3 is 0 Å². The van der Waals surface area contributed by atoms with Crippen LogP contribution in [0.3, 0.4) is 0 Å². The number of allylic oxidation sites excluding steroid dienone is 1. The van der Waals surface area contributed by atoms with Crippen molar-refractivity contribution in [1.29, 1.82) is 0 Å². The highest BCUT2D eigenvalue weighted by Crippen LogP contribution is 2.40. The quantitative estimate of drug-likeness (QED) is 0.629. The van der Waals surface area contributed by atoms with Crippen LogP contribution >= 0.6 is 11.9 Å². The number of phenols is 1. The average molecular weight is 354 g/mol. The minimum absolute atomic E-state index is 0.318. The summed E-state index contributed by atoms with van der Waals surface area (Å²) in [6.45, 7) is 4.71. The van der Waals surface area contributed by atoms with Crippen LogP contribution in [-0.2, 0) is 0 Å². The molecule has 0 saturated heterocycles. The summed E-state index contributed by atoms with van der Waals surface area (Å²) in [5, 5.41) is 9.67. The fourth-order valence-corrected chi connectivity index (χ4v) is 4.38. The molecule has 1 fully saturated rings. The van der Waals surface area contributed by atoms with Gasteiger partial charge in [-0.05, 0) is 72.1 Å². The van der Waals surface area contributed by atoms with Gasteiger partial charge in [-0.15, -0.1) is 0 Å². The second-order valence-electron chi connectivity index (χ2n) is 7.26. The van der Waals surface area contributed by atoms with E-state index in [1.807, 2.05) is 18.4 Å². The fraction of sp³-hybridized carbons (Fsp3) is 0.364. The first-order valence-electron chi connectivity index (χ1n) is 8.97. The summed E-state index contributed by atoms with van der Waals surface area (Å²) in [6, 6.07) is 16.3. The zero-order chi connectivity index (χ0) is 17.8. The molecule has 1 saturated carbocycles. The van der Waals surface area contributed by atoms with E-state index in [4.69, 9.17) is 0 Å². The van der Waals surface area contributed by atoms with Crippen molar-refractivity contribution in [3.05, 3.63) is 65.2 Å². The number of hydrogen-bond acceptors (Lipinski definition) is 3. The number of anilines is 1. The minimum atomic E-state index is 0.318.